The summed E-state index contributed by atoms with van der Waals surface area (Å²) < 4.78 is 2.08. The van der Waals surface area contributed by atoms with Crippen LogP contribution in [0.3, 0.4) is 0 Å². The summed E-state index contributed by atoms with van der Waals surface area (Å²) in [6.07, 6.45) is 4.08. The molecular weight excluding hydrogens is 336 g/mol. The van der Waals surface area contributed by atoms with Crippen molar-refractivity contribution in [3.05, 3.63) is 53.3 Å². The van der Waals surface area contributed by atoms with Crippen LogP contribution in [-0.4, -0.2) is 51.7 Å². The van der Waals surface area contributed by atoms with E-state index in [9.17, 15) is 4.79 Å². The largest absolute Gasteiger partial charge is 0.335 e. The van der Waals surface area contributed by atoms with Crippen LogP contribution in [-0.2, 0) is 24.3 Å². The summed E-state index contributed by atoms with van der Waals surface area (Å²) in [6.45, 7) is 7.77. The van der Waals surface area contributed by atoms with Gasteiger partial charge in [0.15, 0.2) is 0 Å². The van der Waals surface area contributed by atoms with Crippen molar-refractivity contribution in [1.29, 1.82) is 0 Å². The fourth-order valence-corrected chi connectivity index (χ4v) is 4.33. The van der Waals surface area contributed by atoms with E-state index in [0.717, 1.165) is 56.5 Å². The summed E-state index contributed by atoms with van der Waals surface area (Å²) >= 11 is 0. The van der Waals surface area contributed by atoms with E-state index in [4.69, 9.17) is 5.10 Å². The van der Waals surface area contributed by atoms with Crippen molar-refractivity contribution >= 4 is 5.91 Å². The third-order valence-electron chi connectivity index (χ3n) is 5.81. The zero-order chi connectivity index (χ0) is 18.6. The lowest BCUT2D eigenvalue weighted by atomic mass is 10.0. The molecule has 144 valence electrons. The molecule has 0 saturated carbocycles. The van der Waals surface area contributed by atoms with E-state index in [0.29, 0.717) is 13.0 Å². The minimum absolute atomic E-state index is 0.283. The second-order valence-corrected chi connectivity index (χ2v) is 8.13. The first kappa shape index (κ1) is 18.2. The molecule has 1 amide bonds. The van der Waals surface area contributed by atoms with E-state index in [-0.39, 0.29) is 5.91 Å². The van der Waals surface area contributed by atoms with Gasteiger partial charge in [-0.2, -0.15) is 5.10 Å². The molecule has 0 aliphatic carbocycles. The summed E-state index contributed by atoms with van der Waals surface area (Å²) in [5.41, 5.74) is 3.52. The Labute approximate surface area is 162 Å². The molecule has 0 radical (unpaired) electrons. The summed E-state index contributed by atoms with van der Waals surface area (Å²) in [4.78, 5) is 17.2. The highest BCUT2D eigenvalue weighted by molar-refractivity contribution is 5.76. The van der Waals surface area contributed by atoms with Gasteiger partial charge in [-0.3, -0.25) is 9.48 Å². The lowest BCUT2D eigenvalue weighted by Gasteiger charge is -2.32. The number of piperidine rings is 1. The van der Waals surface area contributed by atoms with Crippen molar-refractivity contribution in [3.8, 4) is 0 Å². The summed E-state index contributed by atoms with van der Waals surface area (Å²) in [5, 5.41) is 4.74. The average Bonchev–Trinajstić information content (AvgIpc) is 3.08. The number of hydrogen-bond acceptors (Lipinski definition) is 3. The third-order valence-corrected chi connectivity index (χ3v) is 5.81. The monoisotopic (exact) mass is 366 g/mol. The molecule has 1 fully saturated rings. The second-order valence-electron chi connectivity index (χ2n) is 8.13. The van der Waals surface area contributed by atoms with E-state index in [1.54, 1.807) is 0 Å². The molecule has 2 aliphatic heterocycles. The Morgan fingerprint density at radius 2 is 2.04 bits per heavy atom. The van der Waals surface area contributed by atoms with Crippen molar-refractivity contribution in [2.75, 3.05) is 26.2 Å². The first-order chi connectivity index (χ1) is 13.2. The van der Waals surface area contributed by atoms with Crippen LogP contribution in [0.25, 0.3) is 0 Å². The maximum Gasteiger partial charge on any atom is 0.224 e. The quantitative estimate of drug-likeness (QED) is 0.817. The molecule has 4 rings (SSSR count). The van der Waals surface area contributed by atoms with Crippen LogP contribution in [0.4, 0.5) is 0 Å². The molecule has 1 aromatic carbocycles. The Hall–Kier alpha value is -2.14. The lowest BCUT2D eigenvalue weighted by molar-refractivity contribution is -0.133. The minimum atomic E-state index is 0.283. The summed E-state index contributed by atoms with van der Waals surface area (Å²) in [5.74, 6) is 1.05. The standard InChI is InChI=1S/C22H30N4O/c1-18-6-5-10-24(16-18)11-9-22(27)25-12-13-26-21(17-25)15-20(23-26)14-19-7-3-2-4-8-19/h2-4,7-8,15,18H,5-6,9-14,16-17H2,1H3/t18-/m0/s1. The first-order valence-corrected chi connectivity index (χ1v) is 10.3. The van der Waals surface area contributed by atoms with Gasteiger partial charge in [-0.25, -0.2) is 0 Å². The Morgan fingerprint density at radius 3 is 2.85 bits per heavy atom. The van der Waals surface area contributed by atoms with E-state index in [1.165, 1.54) is 18.4 Å². The molecule has 0 N–H and O–H groups in total. The van der Waals surface area contributed by atoms with Gasteiger partial charge in [0, 0.05) is 32.5 Å². The zero-order valence-electron chi connectivity index (χ0n) is 16.3. The van der Waals surface area contributed by atoms with Crippen molar-refractivity contribution < 1.29 is 4.79 Å². The predicted octanol–water partition coefficient (Wildman–Crippen LogP) is 2.94. The Balaban J connectivity index is 1.32. The maximum absolute atomic E-state index is 12.7. The van der Waals surface area contributed by atoms with E-state index in [2.05, 4.69) is 46.8 Å². The topological polar surface area (TPSA) is 41.4 Å². The molecule has 1 aromatic heterocycles. The van der Waals surface area contributed by atoms with Gasteiger partial charge in [0.2, 0.25) is 5.91 Å². The van der Waals surface area contributed by atoms with E-state index >= 15 is 0 Å². The molecule has 0 unspecified atom stereocenters. The molecule has 2 aromatic rings. The molecule has 2 aliphatic rings. The van der Waals surface area contributed by atoms with Crippen LogP contribution < -0.4 is 0 Å². The molecule has 5 nitrogen and oxygen atoms in total. The molecule has 1 saturated heterocycles. The van der Waals surface area contributed by atoms with Crippen molar-refractivity contribution in [3.63, 3.8) is 0 Å². The Bertz CT molecular complexity index is 770. The molecule has 5 heteroatoms. The van der Waals surface area contributed by atoms with Crippen molar-refractivity contribution in [2.45, 2.75) is 45.7 Å². The number of hydrogen-bond donors (Lipinski definition) is 0. The number of fused-ring (bicyclic) bond motifs is 1. The number of likely N-dealkylation sites (tertiary alicyclic amines) is 1. The Kier molecular flexibility index (Phi) is 5.58. The fraction of sp³-hybridized carbons (Fsp3) is 0.545. The fourth-order valence-electron chi connectivity index (χ4n) is 4.33. The van der Waals surface area contributed by atoms with Crippen molar-refractivity contribution in [1.82, 2.24) is 19.6 Å². The van der Waals surface area contributed by atoms with Crippen LogP contribution in [0.15, 0.2) is 36.4 Å². The van der Waals surface area contributed by atoms with Crippen LogP contribution in [0.2, 0.25) is 0 Å². The van der Waals surface area contributed by atoms with Gasteiger partial charge in [-0.15, -0.1) is 0 Å². The van der Waals surface area contributed by atoms with Gasteiger partial charge in [0.1, 0.15) is 0 Å². The lowest BCUT2D eigenvalue weighted by Crippen LogP contribution is -2.41. The van der Waals surface area contributed by atoms with Gasteiger partial charge in [-0.05, 0) is 36.9 Å². The number of benzene rings is 1. The second kappa shape index (κ2) is 8.26. The average molecular weight is 367 g/mol. The molecular formula is C22H30N4O. The highest BCUT2D eigenvalue weighted by atomic mass is 16.2. The normalized spacial score (nSPS) is 20.5. The molecule has 0 bridgehead atoms. The highest BCUT2D eigenvalue weighted by Crippen LogP contribution is 2.18. The predicted molar refractivity (Wildman–Crippen MR) is 106 cm³/mol. The van der Waals surface area contributed by atoms with Crippen LogP contribution >= 0.6 is 0 Å². The smallest absolute Gasteiger partial charge is 0.224 e. The van der Waals surface area contributed by atoms with Gasteiger partial charge < -0.3 is 9.80 Å². The van der Waals surface area contributed by atoms with Gasteiger partial charge in [0.05, 0.1) is 24.5 Å². The first-order valence-electron chi connectivity index (χ1n) is 10.3. The molecule has 3 heterocycles. The van der Waals surface area contributed by atoms with Crippen LogP contribution in [0.5, 0.6) is 0 Å². The highest BCUT2D eigenvalue weighted by Gasteiger charge is 2.23. The number of nitrogens with zero attached hydrogens (tertiary/aromatic N) is 4. The zero-order valence-corrected chi connectivity index (χ0v) is 16.3. The molecule has 1 atom stereocenters. The van der Waals surface area contributed by atoms with Gasteiger partial charge in [-0.1, -0.05) is 37.3 Å². The van der Waals surface area contributed by atoms with E-state index < -0.39 is 0 Å². The van der Waals surface area contributed by atoms with Crippen LogP contribution in [0.1, 0.15) is 43.1 Å². The van der Waals surface area contributed by atoms with E-state index in [1.807, 2.05) is 11.0 Å². The maximum atomic E-state index is 12.7. The van der Waals surface area contributed by atoms with Crippen LogP contribution in [0, 0.1) is 5.92 Å². The number of carbonyl (C=O) groups excluding carboxylic acids is 1. The molecule has 27 heavy (non-hydrogen) atoms. The number of carbonyl (C=O) groups is 1. The number of amides is 1. The third kappa shape index (κ3) is 4.59. The Morgan fingerprint density at radius 1 is 1.19 bits per heavy atom. The SMILES string of the molecule is C[C@H]1CCCN(CCC(=O)N2CCn3nc(Cc4ccccc4)cc3C2)C1. The molecule has 0 spiro atoms. The summed E-state index contributed by atoms with van der Waals surface area (Å²) in [7, 11) is 0. The minimum Gasteiger partial charge on any atom is -0.335 e. The number of rotatable bonds is 5. The van der Waals surface area contributed by atoms with Gasteiger partial charge in [0.25, 0.3) is 0 Å². The summed E-state index contributed by atoms with van der Waals surface area (Å²) in [6, 6.07) is 12.6. The van der Waals surface area contributed by atoms with Crippen molar-refractivity contribution in [2.24, 2.45) is 5.92 Å². The van der Waals surface area contributed by atoms with Gasteiger partial charge >= 0.3 is 0 Å². The number of aromatic nitrogens is 2.